The smallest absolute Gasteiger partial charge is 0.359 e. The monoisotopic (exact) mass is 302 g/mol. The SMILES string of the molecule is O=c1oc(Br)c(Br)c(O)c1Cl. The van der Waals surface area contributed by atoms with Crippen LogP contribution in [0, 0.1) is 0 Å². The summed E-state index contributed by atoms with van der Waals surface area (Å²) in [4.78, 5) is 10.7. The summed E-state index contributed by atoms with van der Waals surface area (Å²) in [6.07, 6.45) is 0. The molecule has 3 nitrogen and oxygen atoms in total. The minimum Gasteiger partial charge on any atom is -0.505 e. The number of hydrogen-bond acceptors (Lipinski definition) is 3. The Bertz CT molecular complexity index is 346. The lowest BCUT2D eigenvalue weighted by molar-refractivity contribution is 0.431. The summed E-state index contributed by atoms with van der Waals surface area (Å²) in [6.45, 7) is 0. The fourth-order valence-corrected chi connectivity index (χ4v) is 1.32. The minimum atomic E-state index is -0.778. The molecule has 0 saturated heterocycles. The van der Waals surface area contributed by atoms with Gasteiger partial charge in [0.15, 0.2) is 15.4 Å². The van der Waals surface area contributed by atoms with Crippen molar-refractivity contribution in [2.45, 2.75) is 0 Å². The van der Waals surface area contributed by atoms with Crippen LogP contribution in [-0.2, 0) is 0 Å². The van der Waals surface area contributed by atoms with Crippen molar-refractivity contribution < 1.29 is 9.52 Å². The van der Waals surface area contributed by atoms with E-state index in [1.807, 2.05) is 0 Å². The lowest BCUT2D eigenvalue weighted by atomic mass is 10.5. The van der Waals surface area contributed by atoms with Crippen LogP contribution in [0.15, 0.2) is 18.4 Å². The highest BCUT2D eigenvalue weighted by molar-refractivity contribution is 9.13. The highest BCUT2D eigenvalue weighted by Crippen LogP contribution is 2.34. The molecule has 1 aromatic rings. The molecule has 0 spiro atoms. The van der Waals surface area contributed by atoms with Gasteiger partial charge in [0, 0.05) is 0 Å². The quantitative estimate of drug-likeness (QED) is 0.801. The molecule has 0 unspecified atom stereocenters. The zero-order valence-electron chi connectivity index (χ0n) is 4.90. The maximum Gasteiger partial charge on any atom is 0.359 e. The first-order valence-electron chi connectivity index (χ1n) is 2.40. The van der Waals surface area contributed by atoms with E-state index in [-0.39, 0.29) is 19.9 Å². The van der Waals surface area contributed by atoms with Crippen molar-refractivity contribution in [2.24, 2.45) is 0 Å². The van der Waals surface area contributed by atoms with E-state index in [1.165, 1.54) is 0 Å². The molecular formula is C5HBr2ClO3. The maximum atomic E-state index is 10.7. The molecule has 0 aliphatic heterocycles. The lowest BCUT2D eigenvalue weighted by Gasteiger charge is -1.98. The molecule has 0 saturated carbocycles. The summed E-state index contributed by atoms with van der Waals surface area (Å²) in [5.74, 6) is -0.324. The van der Waals surface area contributed by atoms with Crippen molar-refractivity contribution >= 4 is 43.5 Å². The first-order valence-corrected chi connectivity index (χ1v) is 4.37. The van der Waals surface area contributed by atoms with E-state index in [2.05, 4.69) is 36.3 Å². The summed E-state index contributed by atoms with van der Waals surface area (Å²) >= 11 is 11.2. The highest BCUT2D eigenvalue weighted by Gasteiger charge is 2.13. The summed E-state index contributed by atoms with van der Waals surface area (Å²) in [5.41, 5.74) is -0.778. The van der Waals surface area contributed by atoms with Crippen molar-refractivity contribution in [3.8, 4) is 5.75 Å². The molecule has 0 aromatic carbocycles. The normalized spacial score (nSPS) is 10.1. The molecular weight excluding hydrogens is 303 g/mol. The second kappa shape index (κ2) is 3.16. The Morgan fingerprint density at radius 3 is 2.55 bits per heavy atom. The van der Waals surface area contributed by atoms with Gasteiger partial charge in [-0.25, -0.2) is 4.79 Å². The van der Waals surface area contributed by atoms with E-state index in [0.29, 0.717) is 0 Å². The molecule has 0 amide bonds. The van der Waals surface area contributed by atoms with E-state index >= 15 is 0 Å². The number of hydrogen-bond donors (Lipinski definition) is 1. The van der Waals surface area contributed by atoms with Gasteiger partial charge in [-0.05, 0) is 31.9 Å². The van der Waals surface area contributed by atoms with Gasteiger partial charge < -0.3 is 9.52 Å². The van der Waals surface area contributed by atoms with Crippen molar-refractivity contribution in [1.29, 1.82) is 0 Å². The first kappa shape index (κ1) is 9.09. The van der Waals surface area contributed by atoms with Crippen molar-refractivity contribution in [3.05, 3.63) is 24.6 Å². The highest BCUT2D eigenvalue weighted by atomic mass is 79.9. The standard InChI is InChI=1S/C5HBr2ClO3/c6-1-3(9)2(8)5(10)11-4(1)7/h9H. The minimum absolute atomic E-state index is 0.115. The van der Waals surface area contributed by atoms with Crippen LogP contribution in [0.25, 0.3) is 0 Å². The van der Waals surface area contributed by atoms with Gasteiger partial charge in [0.2, 0.25) is 0 Å². The Morgan fingerprint density at radius 1 is 1.45 bits per heavy atom. The molecule has 0 atom stereocenters. The fourth-order valence-electron chi connectivity index (χ4n) is 0.457. The molecule has 0 radical (unpaired) electrons. The van der Waals surface area contributed by atoms with Crippen molar-refractivity contribution in [2.75, 3.05) is 0 Å². The van der Waals surface area contributed by atoms with Crippen molar-refractivity contribution in [3.63, 3.8) is 0 Å². The van der Waals surface area contributed by atoms with Gasteiger partial charge in [-0.1, -0.05) is 11.6 Å². The maximum absolute atomic E-state index is 10.7. The summed E-state index contributed by atoms with van der Waals surface area (Å²) in [5, 5.41) is 8.77. The third kappa shape index (κ3) is 1.60. The van der Waals surface area contributed by atoms with Gasteiger partial charge in [-0.2, -0.15) is 0 Å². The Kier molecular flexibility index (Phi) is 2.61. The van der Waals surface area contributed by atoms with Crippen LogP contribution in [0.4, 0.5) is 0 Å². The van der Waals surface area contributed by atoms with E-state index in [0.717, 1.165) is 0 Å². The third-order valence-corrected chi connectivity index (χ3v) is 3.11. The molecule has 0 bridgehead atoms. The number of aromatic hydroxyl groups is 1. The molecule has 11 heavy (non-hydrogen) atoms. The molecule has 60 valence electrons. The molecule has 0 fully saturated rings. The molecule has 1 rings (SSSR count). The molecule has 1 heterocycles. The summed E-state index contributed by atoms with van der Waals surface area (Å²) in [6, 6.07) is 0. The van der Waals surface area contributed by atoms with E-state index < -0.39 is 5.63 Å². The van der Waals surface area contributed by atoms with Gasteiger partial charge >= 0.3 is 5.63 Å². The van der Waals surface area contributed by atoms with Crippen LogP contribution in [0.5, 0.6) is 5.75 Å². The summed E-state index contributed by atoms with van der Waals surface area (Å²) in [7, 11) is 0. The average Bonchev–Trinajstić information content (AvgIpc) is 1.97. The zero-order chi connectivity index (χ0) is 8.59. The number of rotatable bonds is 0. The topological polar surface area (TPSA) is 50.4 Å². The largest absolute Gasteiger partial charge is 0.505 e. The Labute approximate surface area is 83.2 Å². The molecule has 0 aliphatic carbocycles. The lowest BCUT2D eigenvalue weighted by Crippen LogP contribution is -1.99. The van der Waals surface area contributed by atoms with Crippen LogP contribution in [0.3, 0.4) is 0 Å². The second-order valence-electron chi connectivity index (χ2n) is 1.64. The number of halogens is 3. The van der Waals surface area contributed by atoms with Gasteiger partial charge in [-0.3, -0.25) is 0 Å². The van der Waals surface area contributed by atoms with Gasteiger partial charge in [0.05, 0.1) is 0 Å². The van der Waals surface area contributed by atoms with Crippen LogP contribution < -0.4 is 5.63 Å². The van der Waals surface area contributed by atoms with E-state index in [4.69, 9.17) is 16.7 Å². The fraction of sp³-hybridized carbons (Fsp3) is 0. The van der Waals surface area contributed by atoms with Gasteiger partial charge in [-0.15, -0.1) is 0 Å². The second-order valence-corrected chi connectivity index (χ2v) is 3.53. The van der Waals surface area contributed by atoms with Crippen LogP contribution >= 0.6 is 43.5 Å². The van der Waals surface area contributed by atoms with Crippen LogP contribution in [-0.4, -0.2) is 5.11 Å². The molecule has 1 N–H and O–H groups in total. The summed E-state index contributed by atoms with van der Waals surface area (Å²) < 4.78 is 4.88. The molecule has 1 aromatic heterocycles. The van der Waals surface area contributed by atoms with E-state index in [1.54, 1.807) is 0 Å². The average molecular weight is 304 g/mol. The predicted molar refractivity (Wildman–Crippen MR) is 47.1 cm³/mol. The van der Waals surface area contributed by atoms with Crippen molar-refractivity contribution in [1.82, 2.24) is 0 Å². The van der Waals surface area contributed by atoms with Gasteiger partial charge in [0.1, 0.15) is 4.47 Å². The Hall–Kier alpha value is -0.000000000000000111. The molecule has 6 heteroatoms. The Balaban J connectivity index is 3.59. The van der Waals surface area contributed by atoms with Crippen LogP contribution in [0.1, 0.15) is 0 Å². The Morgan fingerprint density at radius 2 is 2.00 bits per heavy atom. The zero-order valence-corrected chi connectivity index (χ0v) is 8.83. The van der Waals surface area contributed by atoms with E-state index in [9.17, 15) is 4.79 Å². The molecule has 0 aliphatic rings. The first-order chi connectivity index (χ1) is 5.04. The predicted octanol–water partition coefficient (Wildman–Crippen LogP) is 2.52. The third-order valence-electron chi connectivity index (χ3n) is 0.950. The van der Waals surface area contributed by atoms with Crippen LogP contribution in [0.2, 0.25) is 5.02 Å². The van der Waals surface area contributed by atoms with Gasteiger partial charge in [0.25, 0.3) is 0 Å².